The molecule has 0 fully saturated rings. The van der Waals surface area contributed by atoms with Gasteiger partial charge in [-0.05, 0) is 55.8 Å². The van der Waals surface area contributed by atoms with Crippen molar-refractivity contribution in [3.05, 3.63) is 70.6 Å². The molecule has 0 aromatic carbocycles. The number of carbonyl (C=O) groups is 2. The number of nitrogens with one attached hydrogen (secondary N) is 3. The average Bonchev–Trinajstić information content (AvgIpc) is 3.60. The van der Waals surface area contributed by atoms with Crippen LogP contribution in [-0.2, 0) is 14.3 Å². The molecule has 2 aromatic heterocycles. The van der Waals surface area contributed by atoms with E-state index < -0.39 is 11.9 Å². The topological polar surface area (TPSA) is 118 Å². The van der Waals surface area contributed by atoms with Gasteiger partial charge in [-0.1, -0.05) is 6.08 Å². The molecule has 36 heavy (non-hydrogen) atoms. The molecule has 3 N–H and O–H groups in total. The van der Waals surface area contributed by atoms with Gasteiger partial charge in [-0.25, -0.2) is 4.79 Å². The van der Waals surface area contributed by atoms with Crippen LogP contribution in [0.1, 0.15) is 53.9 Å². The molecule has 0 saturated heterocycles. The van der Waals surface area contributed by atoms with E-state index in [1.165, 1.54) is 11.8 Å². The first-order valence-electron chi connectivity index (χ1n) is 12.0. The smallest absolute Gasteiger partial charge is 0.356 e. The third-order valence-electron chi connectivity index (χ3n) is 6.77. The first-order chi connectivity index (χ1) is 17.6. The molecule has 0 radical (unpaired) electrons. The maximum Gasteiger partial charge on any atom is 0.356 e. The minimum absolute atomic E-state index is 0.0153. The number of allylic oxidation sites excluding steroid dienone is 3. The normalized spacial score (nSPS) is 24.2. The molecule has 10 heteroatoms. The van der Waals surface area contributed by atoms with Crippen LogP contribution in [0.5, 0.6) is 0 Å². The van der Waals surface area contributed by atoms with Crippen molar-refractivity contribution in [2.75, 3.05) is 19.0 Å². The number of aliphatic imine (C=N–C) groups is 1. The van der Waals surface area contributed by atoms with Crippen LogP contribution in [0.2, 0.25) is 0 Å². The van der Waals surface area contributed by atoms with E-state index in [4.69, 9.17) is 18.9 Å². The number of Topliss-reactive ketones (excluding diaryl/α,β-unsaturated/α-hetero) is 1. The Kier molecular flexibility index (Phi) is 5.75. The number of aromatic amines is 1. The summed E-state index contributed by atoms with van der Waals surface area (Å²) in [7, 11) is 1.65. The number of methoxy groups -OCH3 is 1. The average molecular weight is 507 g/mol. The zero-order valence-electron chi connectivity index (χ0n) is 19.9. The highest BCUT2D eigenvalue weighted by Crippen LogP contribution is 2.47. The van der Waals surface area contributed by atoms with E-state index in [1.54, 1.807) is 20.2 Å². The van der Waals surface area contributed by atoms with E-state index >= 15 is 0 Å². The predicted octanol–water partition coefficient (Wildman–Crippen LogP) is 4.24. The van der Waals surface area contributed by atoms with Gasteiger partial charge in [-0.3, -0.25) is 9.79 Å². The molecule has 9 nitrogen and oxygen atoms in total. The van der Waals surface area contributed by atoms with Crippen molar-refractivity contribution in [1.29, 1.82) is 0 Å². The number of fused-ring (bicyclic) bond motifs is 2. The Morgan fingerprint density at radius 1 is 1.31 bits per heavy atom. The summed E-state index contributed by atoms with van der Waals surface area (Å²) in [6.07, 6.45) is 9.73. The van der Waals surface area contributed by atoms with Crippen molar-refractivity contribution < 1.29 is 23.5 Å². The van der Waals surface area contributed by atoms with Crippen molar-refractivity contribution in [3.8, 4) is 0 Å². The van der Waals surface area contributed by atoms with Crippen LogP contribution in [0.15, 0.2) is 68.1 Å². The fourth-order valence-electron chi connectivity index (χ4n) is 5.14. The Bertz CT molecular complexity index is 1360. The van der Waals surface area contributed by atoms with Crippen molar-refractivity contribution in [3.63, 3.8) is 0 Å². The lowest BCUT2D eigenvalue weighted by atomic mass is 9.78. The van der Waals surface area contributed by atoms with Crippen molar-refractivity contribution >= 4 is 34.4 Å². The molecule has 3 atom stereocenters. The van der Waals surface area contributed by atoms with Crippen molar-refractivity contribution in [2.45, 2.75) is 49.3 Å². The molecule has 0 bridgehead atoms. The predicted molar refractivity (Wildman–Crippen MR) is 135 cm³/mol. The zero-order valence-corrected chi connectivity index (χ0v) is 20.7. The third-order valence-corrected chi connectivity index (χ3v) is 7.60. The molecule has 6 rings (SSSR count). The van der Waals surface area contributed by atoms with E-state index in [1.807, 2.05) is 30.4 Å². The highest BCUT2D eigenvalue weighted by molar-refractivity contribution is 8.13. The van der Waals surface area contributed by atoms with Crippen LogP contribution in [-0.4, -0.2) is 47.7 Å². The summed E-state index contributed by atoms with van der Waals surface area (Å²) in [4.78, 5) is 33.4. The first kappa shape index (κ1) is 22.8. The van der Waals surface area contributed by atoms with Crippen LogP contribution in [0, 0.1) is 0 Å². The Hall–Kier alpha value is -3.66. The molecular weight excluding hydrogens is 480 g/mol. The molecule has 0 spiro atoms. The standard InChI is InChI=1S/C26H26N4O5S/c1-3-34-25(32)24-23-14(12-27-24)21(22-16(28-23)5-4-6-18(22)31)19-9-10-20(35-19)36-26-29-15-8-7-13(33-2)11-17(15)30-26/h7-12,15,17,21,27-28H,3-6H2,1-2H3,(H,29,30). The largest absolute Gasteiger partial charge is 0.497 e. The van der Waals surface area contributed by atoms with Gasteiger partial charge in [0.15, 0.2) is 16.0 Å². The number of furan rings is 1. The van der Waals surface area contributed by atoms with Gasteiger partial charge in [-0.2, -0.15) is 0 Å². The first-order valence-corrected chi connectivity index (χ1v) is 12.8. The van der Waals surface area contributed by atoms with Crippen LogP contribution in [0.3, 0.4) is 0 Å². The second-order valence-corrected chi connectivity index (χ2v) is 9.92. The third kappa shape index (κ3) is 3.85. The fourth-order valence-corrected chi connectivity index (χ4v) is 5.97. The van der Waals surface area contributed by atoms with Gasteiger partial charge in [0.1, 0.15) is 17.2 Å². The number of ketones is 1. The van der Waals surface area contributed by atoms with Crippen molar-refractivity contribution in [2.24, 2.45) is 4.99 Å². The van der Waals surface area contributed by atoms with Crippen LogP contribution >= 0.6 is 11.8 Å². The highest BCUT2D eigenvalue weighted by Gasteiger charge is 2.39. The number of H-pyrrole nitrogens is 1. The van der Waals surface area contributed by atoms with Gasteiger partial charge in [-0.15, -0.1) is 0 Å². The van der Waals surface area contributed by atoms with Gasteiger partial charge in [0, 0.05) is 29.5 Å². The lowest BCUT2D eigenvalue weighted by Gasteiger charge is -2.31. The highest BCUT2D eigenvalue weighted by atomic mass is 32.2. The minimum atomic E-state index is -0.432. The molecule has 4 heterocycles. The number of amidine groups is 1. The molecule has 0 saturated carbocycles. The number of aromatic nitrogens is 1. The summed E-state index contributed by atoms with van der Waals surface area (Å²) in [6, 6.07) is 3.85. The number of ether oxygens (including phenoxy) is 2. The number of nitrogens with zero attached hydrogens (tertiary/aromatic N) is 1. The Morgan fingerprint density at radius 2 is 2.19 bits per heavy atom. The number of anilines is 1. The van der Waals surface area contributed by atoms with Crippen LogP contribution in [0.25, 0.3) is 0 Å². The molecule has 4 aliphatic rings. The minimum Gasteiger partial charge on any atom is -0.497 e. The van der Waals surface area contributed by atoms with Gasteiger partial charge >= 0.3 is 5.97 Å². The Morgan fingerprint density at radius 3 is 3.03 bits per heavy atom. The van der Waals surface area contributed by atoms with E-state index in [9.17, 15) is 9.59 Å². The summed E-state index contributed by atoms with van der Waals surface area (Å²) in [5.74, 6) is 0.715. The molecule has 2 aliphatic heterocycles. The Balaban J connectivity index is 1.30. The van der Waals surface area contributed by atoms with Gasteiger partial charge in [0.05, 0.1) is 37.4 Å². The van der Waals surface area contributed by atoms with Crippen molar-refractivity contribution in [1.82, 2.24) is 10.3 Å². The quantitative estimate of drug-likeness (QED) is 0.516. The maximum atomic E-state index is 13.0. The number of rotatable bonds is 5. The van der Waals surface area contributed by atoms with Gasteiger partial charge in [0.25, 0.3) is 0 Å². The lowest BCUT2D eigenvalue weighted by molar-refractivity contribution is -0.116. The van der Waals surface area contributed by atoms with E-state index in [0.717, 1.165) is 35.0 Å². The van der Waals surface area contributed by atoms with Crippen LogP contribution in [0.4, 0.5) is 5.69 Å². The summed E-state index contributed by atoms with van der Waals surface area (Å²) in [5.41, 5.74) is 3.35. The molecule has 186 valence electrons. The molecule has 0 amide bonds. The number of hydrogen-bond acceptors (Lipinski definition) is 9. The molecular formula is C26H26N4O5S. The van der Waals surface area contributed by atoms with E-state index in [0.29, 0.717) is 34.2 Å². The van der Waals surface area contributed by atoms with E-state index in [2.05, 4.69) is 15.6 Å². The number of carbonyl (C=O) groups excluding carboxylic acids is 2. The monoisotopic (exact) mass is 506 g/mol. The summed E-state index contributed by atoms with van der Waals surface area (Å²) >= 11 is 1.41. The number of hydrogen-bond donors (Lipinski definition) is 3. The van der Waals surface area contributed by atoms with Gasteiger partial charge < -0.3 is 29.5 Å². The van der Waals surface area contributed by atoms with E-state index in [-0.39, 0.29) is 24.5 Å². The second-order valence-electron chi connectivity index (χ2n) is 8.93. The summed E-state index contributed by atoms with van der Waals surface area (Å²) < 4.78 is 16.8. The van der Waals surface area contributed by atoms with Crippen LogP contribution < -0.4 is 10.6 Å². The zero-order chi connectivity index (χ0) is 24.8. The summed E-state index contributed by atoms with van der Waals surface area (Å²) in [6.45, 7) is 2.05. The Labute approximate surface area is 212 Å². The molecule has 3 unspecified atom stereocenters. The maximum absolute atomic E-state index is 13.0. The SMILES string of the molecule is CCOC(=O)c1[nH]cc2c1NC1=C(C(=O)CCC1)C2c1ccc(SC2=NC3C=CC(OC)=CC3N2)o1. The molecule has 2 aliphatic carbocycles. The van der Waals surface area contributed by atoms with Gasteiger partial charge in [0.2, 0.25) is 0 Å². The fraction of sp³-hybridized carbons (Fsp3) is 0.346. The lowest BCUT2D eigenvalue weighted by Crippen LogP contribution is -2.32. The number of esters is 1. The second kappa shape index (κ2) is 9.09. The summed E-state index contributed by atoms with van der Waals surface area (Å²) in [5, 5.41) is 8.18. The number of thioether (sulfide) groups is 1. The molecule has 2 aromatic rings.